The Labute approximate surface area is 118 Å². The number of nitrogens with one attached hydrogen (secondary N) is 1. The van der Waals surface area contributed by atoms with Crippen molar-refractivity contribution < 1.29 is 9.53 Å². The van der Waals surface area contributed by atoms with Gasteiger partial charge in [-0.2, -0.15) is 0 Å². The molecule has 0 spiro atoms. The highest BCUT2D eigenvalue weighted by Gasteiger charge is 2.29. The zero-order valence-electron chi connectivity index (χ0n) is 11.7. The summed E-state index contributed by atoms with van der Waals surface area (Å²) >= 11 is 1.51. The quantitative estimate of drug-likeness (QED) is 0.895. The van der Waals surface area contributed by atoms with Crippen molar-refractivity contribution in [2.45, 2.75) is 39.3 Å². The molecule has 1 aliphatic heterocycles. The summed E-state index contributed by atoms with van der Waals surface area (Å²) in [5.74, 6) is 0.0347. The van der Waals surface area contributed by atoms with E-state index in [0.717, 1.165) is 30.5 Å². The van der Waals surface area contributed by atoms with E-state index in [0.29, 0.717) is 13.1 Å². The molecule has 2 rings (SSSR count). The molecule has 5 nitrogen and oxygen atoms in total. The van der Waals surface area contributed by atoms with Crippen LogP contribution in [0, 0.1) is 0 Å². The van der Waals surface area contributed by atoms with Crippen molar-refractivity contribution in [2.75, 3.05) is 24.7 Å². The second-order valence-corrected chi connectivity index (χ2v) is 5.94. The minimum absolute atomic E-state index is 0.0347. The second-order valence-electron chi connectivity index (χ2n) is 5.10. The van der Waals surface area contributed by atoms with E-state index in [1.54, 1.807) is 11.8 Å². The maximum atomic E-state index is 11.5. The molecule has 19 heavy (non-hydrogen) atoms. The van der Waals surface area contributed by atoms with Gasteiger partial charge in [0.1, 0.15) is 0 Å². The Bertz CT molecular complexity index is 441. The number of nitrogens with zero attached hydrogens (tertiary/aromatic N) is 2. The van der Waals surface area contributed by atoms with Crippen LogP contribution in [0.4, 0.5) is 5.13 Å². The van der Waals surface area contributed by atoms with Crippen molar-refractivity contribution in [3.05, 3.63) is 11.1 Å². The molecule has 1 aromatic heterocycles. The summed E-state index contributed by atoms with van der Waals surface area (Å²) in [5, 5.41) is 6.27. The molecule has 0 bridgehead atoms. The number of amides is 1. The second kappa shape index (κ2) is 5.98. The van der Waals surface area contributed by atoms with Crippen molar-refractivity contribution in [3.63, 3.8) is 0 Å². The van der Waals surface area contributed by atoms with Crippen LogP contribution in [0.3, 0.4) is 0 Å². The van der Waals surface area contributed by atoms with Gasteiger partial charge in [-0.15, -0.1) is 11.3 Å². The maximum absolute atomic E-state index is 11.5. The fraction of sp³-hybridized carbons (Fsp3) is 0.692. The normalized spacial score (nSPS) is 22.7. The predicted molar refractivity (Wildman–Crippen MR) is 76.5 cm³/mol. The summed E-state index contributed by atoms with van der Waals surface area (Å²) in [5.41, 5.74) is 1.03. The molecule has 1 atom stereocenters. The summed E-state index contributed by atoms with van der Waals surface area (Å²) in [4.78, 5) is 17.7. The lowest BCUT2D eigenvalue weighted by Gasteiger charge is -2.22. The highest BCUT2D eigenvalue weighted by atomic mass is 32.1. The van der Waals surface area contributed by atoms with Gasteiger partial charge in [0.05, 0.1) is 12.3 Å². The molecule has 1 fully saturated rings. The summed E-state index contributed by atoms with van der Waals surface area (Å²) in [7, 11) is 0. The lowest BCUT2D eigenvalue weighted by atomic mass is 10.0. The van der Waals surface area contributed by atoms with Crippen LogP contribution in [-0.4, -0.2) is 36.2 Å². The zero-order valence-corrected chi connectivity index (χ0v) is 12.5. The van der Waals surface area contributed by atoms with Crippen molar-refractivity contribution >= 4 is 22.4 Å². The third-order valence-corrected chi connectivity index (χ3v) is 4.29. The van der Waals surface area contributed by atoms with Gasteiger partial charge in [0.25, 0.3) is 0 Å². The molecular weight excluding hydrogens is 262 g/mol. The molecule has 0 aromatic carbocycles. The van der Waals surface area contributed by atoms with Gasteiger partial charge in [0.15, 0.2) is 5.13 Å². The Kier molecular flexibility index (Phi) is 4.54. The predicted octanol–water partition coefficient (Wildman–Crippen LogP) is 1.78. The minimum atomic E-state index is 0.0347. The fourth-order valence-corrected chi connectivity index (χ4v) is 3.04. The van der Waals surface area contributed by atoms with Crippen LogP contribution in [0.15, 0.2) is 5.38 Å². The Morgan fingerprint density at radius 1 is 1.68 bits per heavy atom. The molecular formula is C13H21N3O2S. The first-order valence-corrected chi connectivity index (χ1v) is 7.47. The van der Waals surface area contributed by atoms with Crippen LogP contribution >= 0.6 is 11.3 Å². The van der Waals surface area contributed by atoms with Crippen LogP contribution in [0.25, 0.3) is 0 Å². The first kappa shape index (κ1) is 14.4. The molecule has 0 radical (unpaired) electrons. The summed E-state index contributed by atoms with van der Waals surface area (Å²) in [6.07, 6.45) is 1.03. The molecule has 0 aliphatic carbocycles. The maximum Gasteiger partial charge on any atom is 0.225 e. The molecule has 6 heteroatoms. The summed E-state index contributed by atoms with van der Waals surface area (Å²) in [6, 6.07) is 0. The Balaban J connectivity index is 1.95. The van der Waals surface area contributed by atoms with Gasteiger partial charge in [0.2, 0.25) is 5.91 Å². The highest BCUT2D eigenvalue weighted by Crippen LogP contribution is 2.22. The first-order chi connectivity index (χ1) is 9.04. The monoisotopic (exact) mass is 283 g/mol. The Morgan fingerprint density at radius 2 is 2.47 bits per heavy atom. The SMILES string of the molecule is CCN(C(C)=O)c1nc(CNC2(C)CCOC2)cs1. The van der Waals surface area contributed by atoms with E-state index in [2.05, 4.69) is 17.2 Å². The van der Waals surface area contributed by atoms with E-state index in [1.807, 2.05) is 12.3 Å². The number of anilines is 1. The number of carbonyl (C=O) groups excluding carboxylic acids is 1. The third-order valence-electron chi connectivity index (χ3n) is 3.38. The number of rotatable bonds is 5. The zero-order chi connectivity index (χ0) is 13.9. The van der Waals surface area contributed by atoms with Crippen LogP contribution in [0.2, 0.25) is 0 Å². The fourth-order valence-electron chi connectivity index (χ4n) is 2.10. The lowest BCUT2D eigenvalue weighted by Crippen LogP contribution is -2.42. The van der Waals surface area contributed by atoms with Crippen LogP contribution in [0.1, 0.15) is 32.9 Å². The van der Waals surface area contributed by atoms with E-state index in [1.165, 1.54) is 11.3 Å². The number of carbonyl (C=O) groups is 1. The number of hydrogen-bond acceptors (Lipinski definition) is 5. The molecule has 1 unspecified atom stereocenters. The van der Waals surface area contributed by atoms with Crippen LogP contribution < -0.4 is 10.2 Å². The van der Waals surface area contributed by atoms with Crippen molar-refractivity contribution in [3.8, 4) is 0 Å². The van der Waals surface area contributed by atoms with E-state index >= 15 is 0 Å². The molecule has 2 heterocycles. The van der Waals surface area contributed by atoms with Crippen molar-refractivity contribution in [2.24, 2.45) is 0 Å². The number of thiazole rings is 1. The average Bonchev–Trinajstić information content (AvgIpc) is 2.97. The summed E-state index contributed by atoms with van der Waals surface area (Å²) < 4.78 is 5.41. The highest BCUT2D eigenvalue weighted by molar-refractivity contribution is 7.14. The topological polar surface area (TPSA) is 54.5 Å². The van der Waals surface area contributed by atoms with Gasteiger partial charge in [-0.1, -0.05) is 0 Å². The lowest BCUT2D eigenvalue weighted by molar-refractivity contribution is -0.116. The number of ether oxygens (including phenoxy) is 1. The van der Waals surface area contributed by atoms with Gasteiger partial charge in [0, 0.05) is 37.5 Å². The standard InChI is InChI=1S/C13H21N3O2S/c1-4-16(10(2)17)12-15-11(8-19-12)7-14-13(3)5-6-18-9-13/h8,14H,4-7,9H2,1-3H3. The van der Waals surface area contributed by atoms with Gasteiger partial charge < -0.3 is 10.1 Å². The molecule has 106 valence electrons. The third kappa shape index (κ3) is 3.52. The number of hydrogen-bond donors (Lipinski definition) is 1. The molecule has 1 aromatic rings. The average molecular weight is 283 g/mol. The smallest absolute Gasteiger partial charge is 0.225 e. The Hall–Kier alpha value is -0.980. The van der Waals surface area contributed by atoms with E-state index in [-0.39, 0.29) is 11.4 Å². The Morgan fingerprint density at radius 3 is 3.05 bits per heavy atom. The molecule has 0 saturated carbocycles. The van der Waals surface area contributed by atoms with Crippen LogP contribution in [0.5, 0.6) is 0 Å². The first-order valence-electron chi connectivity index (χ1n) is 6.59. The van der Waals surface area contributed by atoms with E-state index in [9.17, 15) is 4.79 Å². The molecule has 1 saturated heterocycles. The minimum Gasteiger partial charge on any atom is -0.379 e. The van der Waals surface area contributed by atoms with Crippen LogP contribution in [-0.2, 0) is 16.1 Å². The van der Waals surface area contributed by atoms with Gasteiger partial charge >= 0.3 is 0 Å². The van der Waals surface area contributed by atoms with Gasteiger partial charge in [-0.05, 0) is 20.3 Å². The van der Waals surface area contributed by atoms with Gasteiger partial charge in [-0.3, -0.25) is 9.69 Å². The van der Waals surface area contributed by atoms with E-state index in [4.69, 9.17) is 4.74 Å². The number of aromatic nitrogens is 1. The van der Waals surface area contributed by atoms with Crippen molar-refractivity contribution in [1.82, 2.24) is 10.3 Å². The van der Waals surface area contributed by atoms with Crippen molar-refractivity contribution in [1.29, 1.82) is 0 Å². The van der Waals surface area contributed by atoms with E-state index < -0.39 is 0 Å². The van der Waals surface area contributed by atoms with Gasteiger partial charge in [-0.25, -0.2) is 4.98 Å². The molecule has 1 amide bonds. The largest absolute Gasteiger partial charge is 0.379 e. The summed E-state index contributed by atoms with van der Waals surface area (Å²) in [6.45, 7) is 8.63. The molecule has 1 N–H and O–H groups in total. The molecule has 1 aliphatic rings.